The minimum absolute atomic E-state index is 0.280. The molecule has 0 radical (unpaired) electrons. The summed E-state index contributed by atoms with van der Waals surface area (Å²) in [6.07, 6.45) is 1.56. The van der Waals surface area contributed by atoms with Crippen molar-refractivity contribution in [3.63, 3.8) is 0 Å². The predicted octanol–water partition coefficient (Wildman–Crippen LogP) is 2.85. The topological polar surface area (TPSA) is 50.9 Å². The first-order chi connectivity index (χ1) is 7.65. The number of benzene rings is 1. The second-order valence-corrected chi connectivity index (χ2v) is 3.57. The van der Waals surface area contributed by atoms with Gasteiger partial charge in [-0.25, -0.2) is 9.37 Å². The second kappa shape index (κ2) is 4.18. The van der Waals surface area contributed by atoms with Crippen molar-refractivity contribution in [1.82, 2.24) is 4.98 Å². The third-order valence-corrected chi connectivity index (χ3v) is 2.19. The first-order valence-electron chi connectivity index (χ1n) is 4.90. The van der Waals surface area contributed by atoms with Crippen LogP contribution in [0.5, 0.6) is 0 Å². The zero-order valence-electron chi connectivity index (χ0n) is 8.87. The van der Waals surface area contributed by atoms with E-state index in [0.717, 1.165) is 5.56 Å². The number of hydrogen-bond acceptors (Lipinski definition) is 3. The molecule has 0 amide bonds. The Bertz CT molecular complexity index is 511. The number of aryl methyl sites for hydroxylation is 1. The van der Waals surface area contributed by atoms with Crippen LogP contribution >= 0.6 is 0 Å². The molecular formula is C12H12FN3. The van der Waals surface area contributed by atoms with Crippen molar-refractivity contribution in [2.45, 2.75) is 6.92 Å². The summed E-state index contributed by atoms with van der Waals surface area (Å²) < 4.78 is 13.0. The lowest BCUT2D eigenvalue weighted by molar-refractivity contribution is 0.628. The Morgan fingerprint density at radius 2 is 2.12 bits per heavy atom. The van der Waals surface area contributed by atoms with E-state index in [1.54, 1.807) is 18.3 Å². The number of nitrogens with zero attached hydrogens (tertiary/aromatic N) is 1. The van der Waals surface area contributed by atoms with Crippen molar-refractivity contribution in [3.05, 3.63) is 47.9 Å². The van der Waals surface area contributed by atoms with Crippen molar-refractivity contribution < 1.29 is 4.39 Å². The number of pyridine rings is 1. The number of hydrogen-bond donors (Lipinski definition) is 2. The number of rotatable bonds is 2. The largest absolute Gasteiger partial charge is 0.397 e. The van der Waals surface area contributed by atoms with E-state index < -0.39 is 0 Å². The average Bonchev–Trinajstić information content (AvgIpc) is 2.22. The van der Waals surface area contributed by atoms with Crippen molar-refractivity contribution in [2.24, 2.45) is 0 Å². The fourth-order valence-electron chi connectivity index (χ4n) is 1.43. The lowest BCUT2D eigenvalue weighted by atomic mass is 10.2. The number of nitrogen functional groups attached to an aromatic ring is 1. The van der Waals surface area contributed by atoms with Crippen LogP contribution in [0.15, 0.2) is 36.5 Å². The summed E-state index contributed by atoms with van der Waals surface area (Å²) in [7, 11) is 0. The molecular weight excluding hydrogens is 205 g/mol. The highest BCUT2D eigenvalue weighted by Crippen LogP contribution is 2.19. The lowest BCUT2D eigenvalue weighted by Crippen LogP contribution is -1.98. The van der Waals surface area contributed by atoms with Gasteiger partial charge in [0.2, 0.25) is 0 Å². The Hall–Kier alpha value is -2.10. The van der Waals surface area contributed by atoms with Crippen LogP contribution in [0.25, 0.3) is 0 Å². The van der Waals surface area contributed by atoms with Gasteiger partial charge < -0.3 is 11.1 Å². The number of nitrogens with two attached hydrogens (primary N) is 1. The van der Waals surface area contributed by atoms with Crippen LogP contribution in [0.2, 0.25) is 0 Å². The van der Waals surface area contributed by atoms with Gasteiger partial charge in [0.05, 0.1) is 11.9 Å². The Labute approximate surface area is 93.1 Å². The predicted molar refractivity (Wildman–Crippen MR) is 63.1 cm³/mol. The quantitative estimate of drug-likeness (QED) is 0.813. The fraction of sp³-hybridized carbons (Fsp3) is 0.0833. The summed E-state index contributed by atoms with van der Waals surface area (Å²) in [6, 6.07) is 8.05. The molecule has 2 aromatic rings. The number of anilines is 3. The van der Waals surface area contributed by atoms with Gasteiger partial charge in [0.1, 0.15) is 11.6 Å². The molecule has 2 rings (SSSR count). The van der Waals surface area contributed by atoms with Gasteiger partial charge in [0.25, 0.3) is 0 Å². The Morgan fingerprint density at radius 1 is 1.31 bits per heavy atom. The monoisotopic (exact) mass is 217 g/mol. The fourth-order valence-corrected chi connectivity index (χ4v) is 1.43. The molecule has 0 atom stereocenters. The molecule has 0 aliphatic heterocycles. The number of aromatic nitrogens is 1. The van der Waals surface area contributed by atoms with E-state index >= 15 is 0 Å². The molecule has 82 valence electrons. The van der Waals surface area contributed by atoms with Crippen LogP contribution < -0.4 is 11.1 Å². The van der Waals surface area contributed by atoms with Gasteiger partial charge in [-0.05, 0) is 36.8 Å². The van der Waals surface area contributed by atoms with E-state index in [9.17, 15) is 4.39 Å². The van der Waals surface area contributed by atoms with Gasteiger partial charge in [-0.1, -0.05) is 6.07 Å². The van der Waals surface area contributed by atoms with Crippen molar-refractivity contribution >= 4 is 17.2 Å². The summed E-state index contributed by atoms with van der Waals surface area (Å²) in [5.41, 5.74) is 7.80. The molecule has 3 nitrogen and oxygen atoms in total. The minimum Gasteiger partial charge on any atom is -0.397 e. The van der Waals surface area contributed by atoms with Crippen molar-refractivity contribution in [3.8, 4) is 0 Å². The minimum atomic E-state index is -0.280. The molecule has 0 bridgehead atoms. The molecule has 1 aromatic heterocycles. The summed E-state index contributed by atoms with van der Waals surface area (Å²) in [4.78, 5) is 4.14. The van der Waals surface area contributed by atoms with Crippen molar-refractivity contribution in [2.75, 3.05) is 11.1 Å². The van der Waals surface area contributed by atoms with Gasteiger partial charge in [-0.2, -0.15) is 0 Å². The molecule has 4 heteroatoms. The molecule has 0 saturated carbocycles. The Kier molecular flexibility index (Phi) is 2.72. The van der Waals surface area contributed by atoms with Gasteiger partial charge in [-0.3, -0.25) is 0 Å². The van der Waals surface area contributed by atoms with Gasteiger partial charge >= 0.3 is 0 Å². The smallest absolute Gasteiger partial charge is 0.133 e. The third-order valence-electron chi connectivity index (χ3n) is 2.19. The molecule has 0 unspecified atom stereocenters. The van der Waals surface area contributed by atoms with E-state index in [4.69, 9.17) is 5.73 Å². The highest BCUT2D eigenvalue weighted by molar-refractivity contribution is 5.61. The molecule has 0 aliphatic rings. The van der Waals surface area contributed by atoms with Crippen LogP contribution in [0, 0.1) is 12.7 Å². The molecule has 0 aliphatic carbocycles. The summed E-state index contributed by atoms with van der Waals surface area (Å²) >= 11 is 0. The maximum absolute atomic E-state index is 13.0. The molecule has 16 heavy (non-hydrogen) atoms. The van der Waals surface area contributed by atoms with Crippen LogP contribution in [0.1, 0.15) is 5.56 Å². The maximum Gasteiger partial charge on any atom is 0.133 e. The van der Waals surface area contributed by atoms with Gasteiger partial charge in [0.15, 0.2) is 0 Å². The van der Waals surface area contributed by atoms with Crippen molar-refractivity contribution in [1.29, 1.82) is 0 Å². The summed E-state index contributed by atoms with van der Waals surface area (Å²) in [5, 5.41) is 3.03. The SMILES string of the molecule is Cc1cc(N)cnc1Nc1cccc(F)c1. The Morgan fingerprint density at radius 3 is 2.81 bits per heavy atom. The summed E-state index contributed by atoms with van der Waals surface area (Å²) in [6.45, 7) is 1.89. The first-order valence-corrected chi connectivity index (χ1v) is 4.90. The standard InChI is InChI=1S/C12H12FN3/c1-8-5-10(14)7-15-12(8)16-11-4-2-3-9(13)6-11/h2-7H,14H2,1H3,(H,15,16). The molecule has 0 spiro atoms. The lowest BCUT2D eigenvalue weighted by Gasteiger charge is -2.08. The number of nitrogens with one attached hydrogen (secondary N) is 1. The Balaban J connectivity index is 2.27. The molecule has 3 N–H and O–H groups in total. The van der Waals surface area contributed by atoms with Crippen LogP contribution in [0.4, 0.5) is 21.6 Å². The van der Waals surface area contributed by atoms with Crippen LogP contribution in [-0.4, -0.2) is 4.98 Å². The normalized spacial score (nSPS) is 10.1. The molecule has 1 heterocycles. The first kappa shape index (κ1) is 10.4. The van der Waals surface area contributed by atoms with E-state index in [2.05, 4.69) is 10.3 Å². The van der Waals surface area contributed by atoms with E-state index in [1.807, 2.05) is 13.0 Å². The molecule has 0 fully saturated rings. The van der Waals surface area contributed by atoms with E-state index in [1.165, 1.54) is 12.1 Å². The van der Waals surface area contributed by atoms with E-state index in [-0.39, 0.29) is 5.82 Å². The molecule has 0 saturated heterocycles. The van der Waals surface area contributed by atoms with Gasteiger partial charge in [-0.15, -0.1) is 0 Å². The van der Waals surface area contributed by atoms with Crippen LogP contribution in [0.3, 0.4) is 0 Å². The molecule has 1 aromatic carbocycles. The third kappa shape index (κ3) is 2.28. The van der Waals surface area contributed by atoms with Crippen LogP contribution in [-0.2, 0) is 0 Å². The average molecular weight is 217 g/mol. The maximum atomic E-state index is 13.0. The second-order valence-electron chi connectivity index (χ2n) is 3.57. The number of halogens is 1. The highest BCUT2D eigenvalue weighted by atomic mass is 19.1. The highest BCUT2D eigenvalue weighted by Gasteiger charge is 2.01. The van der Waals surface area contributed by atoms with Gasteiger partial charge in [0, 0.05) is 5.69 Å². The summed E-state index contributed by atoms with van der Waals surface area (Å²) in [5.74, 6) is 0.401. The van der Waals surface area contributed by atoms with E-state index in [0.29, 0.717) is 17.2 Å². The zero-order valence-corrected chi connectivity index (χ0v) is 8.87. The zero-order chi connectivity index (χ0) is 11.5.